The van der Waals surface area contributed by atoms with E-state index in [1.807, 2.05) is 12.1 Å². The Morgan fingerprint density at radius 3 is 2.91 bits per heavy atom. The van der Waals surface area contributed by atoms with Gasteiger partial charge in [0, 0.05) is 42.4 Å². The largest absolute Gasteiger partial charge is 0.444 e. The van der Waals surface area contributed by atoms with E-state index in [0.29, 0.717) is 5.65 Å². The van der Waals surface area contributed by atoms with Gasteiger partial charge in [-0.15, -0.1) is 0 Å². The normalized spacial score (nSPS) is 25.7. The van der Waals surface area contributed by atoms with Gasteiger partial charge < -0.3 is 30.4 Å². The van der Waals surface area contributed by atoms with Gasteiger partial charge in [0.15, 0.2) is 5.65 Å². The number of ether oxygens (including phenoxy) is 2. The summed E-state index contributed by atoms with van der Waals surface area (Å²) >= 11 is 3.63. The molecule has 0 radical (unpaired) electrons. The number of hydrogen-bond donors (Lipinski definition) is 3. The van der Waals surface area contributed by atoms with Crippen molar-refractivity contribution < 1.29 is 14.3 Å². The fraction of sp³-hybridized carbons (Fsp3) is 0.375. The molecule has 1 saturated heterocycles. The highest BCUT2D eigenvalue weighted by Crippen LogP contribution is 2.44. The molecule has 4 N–H and O–H groups in total. The number of fused-ring (bicyclic) bond motifs is 3. The number of carbonyl (C=O) groups is 1. The number of amides is 1. The van der Waals surface area contributed by atoms with Gasteiger partial charge in [-0.2, -0.15) is 0 Å². The molecule has 2 bridgehead atoms. The zero-order valence-corrected chi connectivity index (χ0v) is 20.0. The highest BCUT2D eigenvalue weighted by atomic mass is 79.9. The second-order valence-corrected chi connectivity index (χ2v) is 9.79. The van der Waals surface area contributed by atoms with E-state index in [0.717, 1.165) is 65.5 Å². The maximum Gasteiger partial charge on any atom is 0.404 e. The number of nitrogens with one attached hydrogen (secondary N) is 2. The number of anilines is 2. The molecule has 176 valence electrons. The van der Waals surface area contributed by atoms with Crippen molar-refractivity contribution >= 4 is 44.6 Å². The number of rotatable bonds is 5. The highest BCUT2D eigenvalue weighted by Gasteiger charge is 2.47. The van der Waals surface area contributed by atoms with Crippen LogP contribution in [0.15, 0.2) is 47.1 Å². The molecule has 2 fully saturated rings. The average Bonchev–Trinajstić information content (AvgIpc) is 3.57. The predicted octanol–water partition coefficient (Wildman–Crippen LogP) is 3.67. The van der Waals surface area contributed by atoms with Gasteiger partial charge in [-0.05, 0) is 34.5 Å². The third-order valence-corrected chi connectivity index (χ3v) is 7.51. The molecule has 3 aromatic rings. The number of imidazole rings is 1. The minimum atomic E-state index is -0.751. The molecule has 2 aliphatic carbocycles. The Morgan fingerprint density at radius 2 is 2.09 bits per heavy atom. The van der Waals surface area contributed by atoms with Crippen molar-refractivity contribution in [3.05, 3.63) is 47.1 Å². The van der Waals surface area contributed by atoms with Crippen LogP contribution in [0.25, 0.3) is 22.6 Å². The van der Waals surface area contributed by atoms with Crippen LogP contribution >= 0.6 is 15.9 Å². The standard InChI is InChI=1S/C24H25BrN6O3/c25-17-12-27-23-20(19(17)28-18-13-4-5-14(10-13)21(18)34-24(26)32)29-22(30-23)15-2-1-3-16(11-15)31-6-8-33-9-7-31/h1-5,11-14,18,21H,6-10H2,(H2,26,32)(H2,27,28,29,30)/t13-,14+,18+,21-/m0/s1. The molecule has 1 saturated carbocycles. The molecule has 0 spiro atoms. The highest BCUT2D eigenvalue weighted by molar-refractivity contribution is 9.10. The maximum absolute atomic E-state index is 11.5. The van der Waals surface area contributed by atoms with Gasteiger partial charge in [0.1, 0.15) is 17.4 Å². The van der Waals surface area contributed by atoms with Crippen molar-refractivity contribution in [2.24, 2.45) is 17.6 Å². The Hall–Kier alpha value is -3.11. The summed E-state index contributed by atoms with van der Waals surface area (Å²) in [6.45, 7) is 3.22. The third-order valence-electron chi connectivity index (χ3n) is 6.91. The van der Waals surface area contributed by atoms with Gasteiger partial charge in [-0.25, -0.2) is 14.8 Å². The molecule has 1 aliphatic heterocycles. The summed E-state index contributed by atoms with van der Waals surface area (Å²) in [4.78, 5) is 26.7. The van der Waals surface area contributed by atoms with Gasteiger partial charge >= 0.3 is 6.09 Å². The predicted molar refractivity (Wildman–Crippen MR) is 133 cm³/mol. The van der Waals surface area contributed by atoms with Gasteiger partial charge in [0.25, 0.3) is 0 Å². The first-order valence-electron chi connectivity index (χ1n) is 11.4. The van der Waals surface area contributed by atoms with E-state index >= 15 is 0 Å². The SMILES string of the molecule is NC(=O)O[C@@H]1[C@H](Nc2c(Br)cnc3[nH]c(-c4cccc(N5CCOCC5)c4)nc23)[C@H]2C=C[C@@H]1C2. The molecule has 0 unspecified atom stereocenters. The number of carbonyl (C=O) groups excluding carboxylic acids is 1. The summed E-state index contributed by atoms with van der Waals surface area (Å²) in [5.41, 5.74) is 9.72. The Kier molecular flexibility index (Phi) is 5.41. The summed E-state index contributed by atoms with van der Waals surface area (Å²) in [5.74, 6) is 1.17. The molecule has 4 atom stereocenters. The number of benzene rings is 1. The molecule has 2 aromatic heterocycles. The minimum absolute atomic E-state index is 0.0887. The number of aromatic nitrogens is 3. The fourth-order valence-corrected chi connectivity index (χ4v) is 5.71. The van der Waals surface area contributed by atoms with E-state index in [-0.39, 0.29) is 24.0 Å². The molecular formula is C24H25BrN6O3. The van der Waals surface area contributed by atoms with Crippen molar-refractivity contribution in [2.45, 2.75) is 18.6 Å². The number of nitrogens with two attached hydrogens (primary N) is 1. The zero-order valence-electron chi connectivity index (χ0n) is 18.4. The number of pyridine rings is 1. The number of aromatic amines is 1. The lowest BCUT2D eigenvalue weighted by molar-refractivity contribution is 0.0854. The lowest BCUT2D eigenvalue weighted by Gasteiger charge is -2.29. The van der Waals surface area contributed by atoms with Crippen LogP contribution in [0.4, 0.5) is 16.2 Å². The lowest BCUT2D eigenvalue weighted by atomic mass is 9.98. The summed E-state index contributed by atoms with van der Waals surface area (Å²) in [5, 5.41) is 3.59. The fourth-order valence-electron chi connectivity index (χ4n) is 5.30. The first kappa shape index (κ1) is 21.4. The number of H-pyrrole nitrogens is 1. The Balaban J connectivity index is 1.33. The van der Waals surface area contributed by atoms with Gasteiger partial charge in [0.05, 0.1) is 29.4 Å². The second-order valence-electron chi connectivity index (χ2n) is 8.93. The Morgan fingerprint density at radius 1 is 1.26 bits per heavy atom. The van der Waals surface area contributed by atoms with E-state index in [9.17, 15) is 4.79 Å². The van der Waals surface area contributed by atoms with Crippen molar-refractivity contribution in [3.63, 3.8) is 0 Å². The quantitative estimate of drug-likeness (QED) is 0.435. The van der Waals surface area contributed by atoms with Crippen LogP contribution in [0.2, 0.25) is 0 Å². The second kappa shape index (κ2) is 8.59. The minimum Gasteiger partial charge on any atom is -0.444 e. The van der Waals surface area contributed by atoms with E-state index in [1.54, 1.807) is 6.20 Å². The first-order chi connectivity index (χ1) is 16.6. The molecule has 6 rings (SSSR count). The number of morpholine rings is 1. The van der Waals surface area contributed by atoms with Crippen molar-refractivity contribution in [2.75, 3.05) is 36.5 Å². The molecular weight excluding hydrogens is 500 g/mol. The van der Waals surface area contributed by atoms with Gasteiger partial charge in [-0.3, -0.25) is 0 Å². The molecule has 34 heavy (non-hydrogen) atoms. The zero-order chi connectivity index (χ0) is 23.2. The summed E-state index contributed by atoms with van der Waals surface area (Å²) in [6, 6.07) is 8.25. The summed E-state index contributed by atoms with van der Waals surface area (Å²) in [6.07, 6.45) is 5.92. The molecule has 3 aliphatic rings. The molecule has 1 aromatic carbocycles. The van der Waals surface area contributed by atoms with Gasteiger partial charge in [-0.1, -0.05) is 24.3 Å². The Labute approximate surface area is 204 Å². The van der Waals surface area contributed by atoms with Crippen LogP contribution in [0, 0.1) is 11.8 Å². The molecule has 3 heterocycles. The van der Waals surface area contributed by atoms with Crippen molar-refractivity contribution in [1.29, 1.82) is 0 Å². The van der Waals surface area contributed by atoms with Crippen LogP contribution in [0.1, 0.15) is 6.42 Å². The van der Waals surface area contributed by atoms with E-state index < -0.39 is 6.09 Å². The third kappa shape index (κ3) is 3.80. The van der Waals surface area contributed by atoms with Crippen LogP contribution in [0.3, 0.4) is 0 Å². The van der Waals surface area contributed by atoms with Crippen LogP contribution in [-0.2, 0) is 9.47 Å². The first-order valence-corrected chi connectivity index (χ1v) is 12.2. The molecule has 9 nitrogen and oxygen atoms in total. The number of hydrogen-bond acceptors (Lipinski definition) is 7. The smallest absolute Gasteiger partial charge is 0.404 e. The summed E-state index contributed by atoms with van der Waals surface area (Å²) in [7, 11) is 0. The number of nitrogens with zero attached hydrogens (tertiary/aromatic N) is 3. The van der Waals surface area contributed by atoms with Crippen molar-refractivity contribution in [1.82, 2.24) is 15.0 Å². The van der Waals surface area contributed by atoms with Crippen LogP contribution < -0.4 is 16.0 Å². The lowest BCUT2D eigenvalue weighted by Crippen LogP contribution is -2.41. The van der Waals surface area contributed by atoms with E-state index in [4.69, 9.17) is 20.2 Å². The monoisotopic (exact) mass is 524 g/mol. The van der Waals surface area contributed by atoms with Crippen LogP contribution in [0.5, 0.6) is 0 Å². The molecule has 10 heteroatoms. The summed E-state index contributed by atoms with van der Waals surface area (Å²) < 4.78 is 11.8. The average molecular weight is 525 g/mol. The van der Waals surface area contributed by atoms with Crippen LogP contribution in [-0.4, -0.2) is 59.5 Å². The van der Waals surface area contributed by atoms with Gasteiger partial charge in [0.2, 0.25) is 0 Å². The number of halogens is 1. The van der Waals surface area contributed by atoms with Crippen molar-refractivity contribution in [3.8, 4) is 11.4 Å². The van der Waals surface area contributed by atoms with E-state index in [1.165, 1.54) is 0 Å². The molecule has 1 amide bonds. The Bertz CT molecular complexity index is 1270. The van der Waals surface area contributed by atoms with E-state index in [2.05, 4.69) is 60.4 Å². The topological polar surface area (TPSA) is 118 Å². The maximum atomic E-state index is 11.5. The number of primary amides is 1.